The quantitative estimate of drug-likeness (QED) is 0.378. The molecule has 0 saturated heterocycles. The Morgan fingerprint density at radius 3 is 2.92 bits per heavy atom. The largest absolute Gasteiger partial charge is 0.463 e. The molecule has 66 valence electrons. The monoisotopic (exact) mass is 168 g/mol. The van der Waals surface area contributed by atoms with E-state index in [4.69, 9.17) is 5.26 Å². The Morgan fingerprint density at radius 1 is 1.75 bits per heavy atom. The highest BCUT2D eigenvalue weighted by atomic mass is 16.5. The summed E-state index contributed by atoms with van der Waals surface area (Å²) < 4.78 is 4.65. The summed E-state index contributed by atoms with van der Waals surface area (Å²) in [4.78, 5) is 10.8. The van der Waals surface area contributed by atoms with Gasteiger partial charge in [0, 0.05) is 11.8 Å². The Bertz CT molecular complexity index is 216. The van der Waals surface area contributed by atoms with Crippen molar-refractivity contribution in [1.29, 1.82) is 5.26 Å². The maximum absolute atomic E-state index is 10.8. The van der Waals surface area contributed by atoms with E-state index in [1.807, 2.05) is 6.07 Å². The van der Waals surface area contributed by atoms with Gasteiger partial charge in [-0.1, -0.05) is 0 Å². The smallest absolute Gasteiger partial charge is 0.332 e. The molecule has 1 N–H and O–H groups in total. The predicted octanol–water partition coefficient (Wildman–Crippen LogP) is 0.566. The van der Waals surface area contributed by atoms with Crippen molar-refractivity contribution in [3.63, 3.8) is 0 Å². The molecule has 0 amide bonds. The number of hydrogen-bond donors (Lipinski definition) is 1. The van der Waals surface area contributed by atoms with Crippen molar-refractivity contribution in [2.45, 2.75) is 13.8 Å². The Morgan fingerprint density at radius 2 is 2.42 bits per heavy atom. The number of carbonyl (C=O) groups is 1. The number of hydrogen-bond acceptors (Lipinski definition) is 4. The predicted molar refractivity (Wildman–Crippen MR) is 44.0 cm³/mol. The van der Waals surface area contributed by atoms with Crippen LogP contribution in [-0.2, 0) is 9.53 Å². The van der Waals surface area contributed by atoms with Gasteiger partial charge in [0.2, 0.25) is 0 Å². The van der Waals surface area contributed by atoms with Crippen molar-refractivity contribution >= 4 is 5.97 Å². The maximum atomic E-state index is 10.8. The number of nitrogens with one attached hydrogen (secondary N) is 1. The third-order valence-corrected chi connectivity index (χ3v) is 1.07. The second-order valence-electron chi connectivity index (χ2n) is 2.09. The molecule has 0 aromatic rings. The maximum Gasteiger partial charge on any atom is 0.332 e. The molecule has 0 heterocycles. The molecular weight excluding hydrogens is 156 g/mol. The zero-order valence-corrected chi connectivity index (χ0v) is 7.26. The third kappa shape index (κ3) is 5.30. The zero-order valence-electron chi connectivity index (χ0n) is 7.26. The molecule has 4 nitrogen and oxygen atoms in total. The van der Waals surface area contributed by atoms with Gasteiger partial charge in [-0.25, -0.2) is 4.79 Å². The van der Waals surface area contributed by atoms with E-state index in [2.05, 4.69) is 10.1 Å². The van der Waals surface area contributed by atoms with Crippen LogP contribution in [0.25, 0.3) is 0 Å². The Hall–Kier alpha value is -1.50. The van der Waals surface area contributed by atoms with E-state index in [0.717, 1.165) is 0 Å². The average Bonchev–Trinajstić information content (AvgIpc) is 2.01. The number of nitrogens with zero attached hydrogens (tertiary/aromatic N) is 1. The van der Waals surface area contributed by atoms with E-state index in [9.17, 15) is 4.79 Å². The summed E-state index contributed by atoms with van der Waals surface area (Å²) in [5.74, 6) is -0.388. The van der Waals surface area contributed by atoms with E-state index >= 15 is 0 Å². The first-order chi connectivity index (χ1) is 5.70. The molecule has 0 spiro atoms. The van der Waals surface area contributed by atoms with E-state index in [-0.39, 0.29) is 12.5 Å². The molecule has 0 radical (unpaired) electrons. The summed E-state index contributed by atoms with van der Waals surface area (Å²) in [6.07, 6.45) is 1.32. The summed E-state index contributed by atoms with van der Waals surface area (Å²) in [5, 5.41) is 10.9. The number of carbonyl (C=O) groups excluding carboxylic acids is 1. The van der Waals surface area contributed by atoms with Gasteiger partial charge in [-0.05, 0) is 13.8 Å². The molecular formula is C8H12N2O2. The number of ether oxygens (including phenoxy) is 1. The Labute approximate surface area is 71.8 Å². The lowest BCUT2D eigenvalue weighted by atomic mass is 10.4. The van der Waals surface area contributed by atoms with Crippen LogP contribution in [0.5, 0.6) is 0 Å². The molecule has 0 aliphatic rings. The number of rotatable bonds is 4. The van der Waals surface area contributed by atoms with Crippen LogP contribution in [0.2, 0.25) is 0 Å². The van der Waals surface area contributed by atoms with Crippen LogP contribution >= 0.6 is 0 Å². The van der Waals surface area contributed by atoms with Gasteiger partial charge in [-0.15, -0.1) is 0 Å². The van der Waals surface area contributed by atoms with Gasteiger partial charge in [0.25, 0.3) is 0 Å². The summed E-state index contributed by atoms with van der Waals surface area (Å²) in [7, 11) is 0. The fourth-order valence-electron chi connectivity index (χ4n) is 0.591. The summed E-state index contributed by atoms with van der Waals surface area (Å²) in [6.45, 7) is 4.00. The van der Waals surface area contributed by atoms with Crippen molar-refractivity contribution < 1.29 is 9.53 Å². The number of nitriles is 1. The summed E-state index contributed by atoms with van der Waals surface area (Å²) in [6, 6.07) is 1.90. The highest BCUT2D eigenvalue weighted by Gasteiger charge is 1.96. The summed E-state index contributed by atoms with van der Waals surface area (Å²) >= 11 is 0. The molecule has 0 atom stereocenters. The first-order valence-corrected chi connectivity index (χ1v) is 3.66. The highest BCUT2D eigenvalue weighted by molar-refractivity contribution is 5.82. The second-order valence-corrected chi connectivity index (χ2v) is 2.09. The van der Waals surface area contributed by atoms with Gasteiger partial charge in [0.05, 0.1) is 12.7 Å². The molecule has 0 aromatic carbocycles. The minimum absolute atomic E-state index is 0.196. The van der Waals surface area contributed by atoms with Crippen LogP contribution < -0.4 is 5.32 Å². The number of allylic oxidation sites excluding steroid dienone is 1. The minimum atomic E-state index is -0.388. The molecule has 0 aromatic heterocycles. The van der Waals surface area contributed by atoms with Crippen LogP contribution in [0, 0.1) is 11.3 Å². The molecule has 0 saturated carbocycles. The Balaban J connectivity index is 3.82. The molecule has 0 aliphatic heterocycles. The van der Waals surface area contributed by atoms with Crippen LogP contribution in [0.4, 0.5) is 0 Å². The topological polar surface area (TPSA) is 62.1 Å². The first kappa shape index (κ1) is 10.5. The van der Waals surface area contributed by atoms with Crippen LogP contribution in [-0.4, -0.2) is 19.1 Å². The molecule has 0 fully saturated rings. The van der Waals surface area contributed by atoms with Gasteiger partial charge in [-0.2, -0.15) is 5.26 Å². The van der Waals surface area contributed by atoms with Gasteiger partial charge in [0.1, 0.15) is 6.54 Å². The van der Waals surface area contributed by atoms with Crippen molar-refractivity contribution in [3.8, 4) is 6.07 Å². The average molecular weight is 168 g/mol. The van der Waals surface area contributed by atoms with Gasteiger partial charge in [0.15, 0.2) is 0 Å². The zero-order chi connectivity index (χ0) is 9.40. The molecule has 0 unspecified atom stereocenters. The van der Waals surface area contributed by atoms with Crippen molar-refractivity contribution in [2.75, 3.05) is 13.2 Å². The fourth-order valence-corrected chi connectivity index (χ4v) is 0.591. The third-order valence-electron chi connectivity index (χ3n) is 1.07. The molecule has 0 rings (SSSR count). The van der Waals surface area contributed by atoms with Crippen molar-refractivity contribution in [2.24, 2.45) is 0 Å². The van der Waals surface area contributed by atoms with Crippen LogP contribution in [0.15, 0.2) is 11.8 Å². The number of esters is 1. The lowest BCUT2D eigenvalue weighted by Gasteiger charge is -2.00. The standard InChI is InChI=1S/C8H12N2O2/c1-3-12-8(11)6-7(2)10-5-4-9/h6,10H,3,5H2,1-2H3/b7-6-. The van der Waals surface area contributed by atoms with E-state index in [0.29, 0.717) is 12.3 Å². The SMILES string of the molecule is CCOC(=O)/C=C(/C)NCC#N. The highest BCUT2D eigenvalue weighted by Crippen LogP contribution is 1.88. The fraction of sp³-hybridized carbons (Fsp3) is 0.500. The molecule has 0 bridgehead atoms. The van der Waals surface area contributed by atoms with E-state index in [1.165, 1.54) is 6.08 Å². The normalized spacial score (nSPS) is 10.2. The van der Waals surface area contributed by atoms with Gasteiger partial charge >= 0.3 is 5.97 Å². The van der Waals surface area contributed by atoms with E-state index in [1.54, 1.807) is 13.8 Å². The van der Waals surface area contributed by atoms with E-state index < -0.39 is 0 Å². The minimum Gasteiger partial charge on any atom is -0.463 e. The Kier molecular flexibility index (Phi) is 5.45. The van der Waals surface area contributed by atoms with Crippen LogP contribution in [0.3, 0.4) is 0 Å². The van der Waals surface area contributed by atoms with Gasteiger partial charge in [-0.3, -0.25) is 0 Å². The van der Waals surface area contributed by atoms with Crippen molar-refractivity contribution in [1.82, 2.24) is 5.32 Å². The lowest BCUT2D eigenvalue weighted by molar-refractivity contribution is -0.137. The molecule has 4 heteroatoms. The van der Waals surface area contributed by atoms with Crippen LogP contribution in [0.1, 0.15) is 13.8 Å². The first-order valence-electron chi connectivity index (χ1n) is 3.66. The lowest BCUT2D eigenvalue weighted by Crippen LogP contribution is -2.13. The van der Waals surface area contributed by atoms with Gasteiger partial charge < -0.3 is 10.1 Å². The van der Waals surface area contributed by atoms with Crippen molar-refractivity contribution in [3.05, 3.63) is 11.8 Å². The second kappa shape index (κ2) is 6.23. The molecule has 0 aliphatic carbocycles. The summed E-state index contributed by atoms with van der Waals surface area (Å²) in [5.41, 5.74) is 0.634. The molecule has 12 heavy (non-hydrogen) atoms.